The fourth-order valence-electron chi connectivity index (χ4n) is 2.46. The van der Waals surface area contributed by atoms with Crippen LogP contribution in [0.3, 0.4) is 0 Å². The largest absolute Gasteiger partial charge is 0.480 e. The Morgan fingerprint density at radius 1 is 0.750 bits per heavy atom. The number of alkyl halides is 6. The molecule has 1 N–H and O–H groups in total. The van der Waals surface area contributed by atoms with E-state index >= 15 is 0 Å². The van der Waals surface area contributed by atoms with Gasteiger partial charge in [-0.05, 0) is 12.8 Å². The predicted octanol–water partition coefficient (Wildman–Crippen LogP) is 5.28. The number of aromatic nitrogens is 2. The highest BCUT2D eigenvalue weighted by Gasteiger charge is 2.46. The van der Waals surface area contributed by atoms with Crippen LogP contribution in [0.25, 0.3) is 4.13 Å². The first kappa shape index (κ1) is 30.6. The maximum Gasteiger partial charge on any atom is 0.480 e. The van der Waals surface area contributed by atoms with Crippen molar-refractivity contribution >= 4 is 20.0 Å². The Balaban J connectivity index is 0.000000607. The number of rotatable bonds is 13. The fourth-order valence-corrected chi connectivity index (χ4v) is 4.16. The first-order valence-corrected chi connectivity index (χ1v) is 12.9. The summed E-state index contributed by atoms with van der Waals surface area (Å²) in [4.78, 5) is 3.08. The molecule has 15 heteroatoms. The first-order valence-electron chi connectivity index (χ1n) is 10.0. The van der Waals surface area contributed by atoms with Gasteiger partial charge in [0.05, 0.1) is 6.54 Å². The summed E-state index contributed by atoms with van der Waals surface area (Å²) in [7, 11) is -13.4. The lowest BCUT2D eigenvalue weighted by Crippen LogP contribution is -2.30. The van der Waals surface area contributed by atoms with Crippen LogP contribution in [0, 0.1) is 0 Å². The molecule has 1 heterocycles. The number of nitrogens with one attached hydrogen (secondary N) is 1. The van der Waals surface area contributed by atoms with Crippen molar-refractivity contribution in [2.45, 2.75) is 88.7 Å². The average molecular weight is 518 g/mol. The van der Waals surface area contributed by atoms with Gasteiger partial charge in [-0.1, -0.05) is 58.3 Å². The summed E-state index contributed by atoms with van der Waals surface area (Å²) in [6.07, 6.45) is 20.2. The summed E-state index contributed by atoms with van der Waals surface area (Å²) in [6, 6.07) is 0. The van der Waals surface area contributed by atoms with Crippen LogP contribution in [0.4, 0.5) is 26.3 Å². The van der Waals surface area contributed by atoms with Crippen molar-refractivity contribution in [1.82, 2.24) is 4.98 Å². The van der Waals surface area contributed by atoms with E-state index in [1.54, 1.807) is 0 Å². The van der Waals surface area contributed by atoms with Crippen LogP contribution < -0.4 is 4.57 Å². The Morgan fingerprint density at radius 3 is 1.50 bits per heavy atom. The third-order valence-corrected chi connectivity index (χ3v) is 6.89. The van der Waals surface area contributed by atoms with Crippen LogP contribution in [-0.4, -0.2) is 32.8 Å². The summed E-state index contributed by atoms with van der Waals surface area (Å²) in [5.74, 6) is 0. The molecule has 0 fully saturated rings. The van der Waals surface area contributed by atoms with Gasteiger partial charge in [0.1, 0.15) is 12.4 Å². The van der Waals surface area contributed by atoms with Crippen molar-refractivity contribution in [2.24, 2.45) is 0 Å². The van der Waals surface area contributed by atoms with Crippen LogP contribution in [-0.2, 0) is 26.6 Å². The van der Waals surface area contributed by atoms with Crippen molar-refractivity contribution in [3.63, 3.8) is 0 Å². The fraction of sp³-hybridized carbons (Fsp3) is 0.824. The highest BCUT2D eigenvalue weighted by molar-refractivity contribution is 8.13. The van der Waals surface area contributed by atoms with E-state index in [0.29, 0.717) is 0 Å². The predicted molar refractivity (Wildman–Crippen MR) is 106 cm³/mol. The number of hydrogen-bond donors (Lipinski definition) is 1. The molecule has 0 amide bonds. The Kier molecular flexibility index (Phi) is 13.4. The molecule has 190 valence electrons. The minimum atomic E-state index is -6.72. The number of aromatic amines is 1. The van der Waals surface area contributed by atoms with E-state index in [4.69, 9.17) is 0 Å². The van der Waals surface area contributed by atoms with Crippen molar-refractivity contribution in [3.8, 4) is 0 Å². The van der Waals surface area contributed by atoms with Gasteiger partial charge in [-0.25, -0.2) is 21.4 Å². The van der Waals surface area contributed by atoms with Crippen LogP contribution in [0.2, 0.25) is 0 Å². The Hall–Kier alpha value is -1.35. The van der Waals surface area contributed by atoms with Gasteiger partial charge >= 0.3 is 11.0 Å². The minimum absolute atomic E-state index is 0.778. The zero-order valence-electron chi connectivity index (χ0n) is 17.6. The molecule has 0 aliphatic rings. The van der Waals surface area contributed by atoms with Crippen molar-refractivity contribution in [3.05, 3.63) is 22.8 Å². The second-order valence-corrected chi connectivity index (χ2v) is 10.4. The van der Waals surface area contributed by atoms with Gasteiger partial charge in [0, 0.05) is 0 Å². The van der Waals surface area contributed by atoms with Gasteiger partial charge in [-0.3, -0.25) is 4.98 Å². The monoisotopic (exact) mass is 517 g/mol. The van der Waals surface area contributed by atoms with Gasteiger partial charge in [0.25, 0.3) is 0 Å². The molecule has 0 aliphatic heterocycles. The summed E-state index contributed by atoms with van der Waals surface area (Å²) in [6.45, 7) is 3.45. The minimum Gasteiger partial charge on any atom is -0.421 e. The highest BCUT2D eigenvalue weighted by Crippen LogP contribution is 2.36. The second kappa shape index (κ2) is 14.0. The third-order valence-electron chi connectivity index (χ3n) is 4.15. The molecule has 7 nitrogen and oxygen atoms in total. The van der Waals surface area contributed by atoms with Crippen molar-refractivity contribution < 1.29 is 47.7 Å². The van der Waals surface area contributed by atoms with Crippen molar-refractivity contribution in [1.29, 1.82) is 0 Å². The maximum atomic E-state index is 11.4. The molecular formula is C17H29F6N3O4S2. The number of sulfonamides is 2. The maximum absolute atomic E-state index is 11.4. The Labute approximate surface area is 184 Å². The number of imidazole rings is 1. The van der Waals surface area contributed by atoms with E-state index in [1.165, 1.54) is 70.8 Å². The summed E-state index contributed by atoms with van der Waals surface area (Å²) in [5, 5.41) is 0. The van der Waals surface area contributed by atoms with E-state index in [9.17, 15) is 43.2 Å². The molecule has 32 heavy (non-hydrogen) atoms. The molecule has 0 aromatic carbocycles. The standard InChI is InChI=1S/C15H28N2.C2F6NO4S2/c1-2-3-4-5-6-7-8-9-10-11-13-17-14-12-16-15-17;3-1(4,5)14(10,11)9-15(12,13)2(6,7)8/h12,14-15H,2-11,13H2,1H3;/q;-1/p+1. The Morgan fingerprint density at radius 2 is 1.16 bits per heavy atom. The van der Waals surface area contributed by atoms with Crippen molar-refractivity contribution in [2.75, 3.05) is 0 Å². The zero-order chi connectivity index (χ0) is 24.9. The van der Waals surface area contributed by atoms with Crippen LogP contribution in [0.1, 0.15) is 71.1 Å². The van der Waals surface area contributed by atoms with E-state index in [1.807, 2.05) is 12.5 Å². The second-order valence-electron chi connectivity index (χ2n) is 6.95. The summed E-state index contributed by atoms with van der Waals surface area (Å²) >= 11 is 0. The first-order chi connectivity index (χ1) is 14.6. The van der Waals surface area contributed by atoms with E-state index in [-0.39, 0.29) is 0 Å². The number of H-pyrrole nitrogens is 1. The third kappa shape index (κ3) is 12.6. The molecule has 1 rings (SSSR count). The number of unbranched alkanes of at least 4 members (excludes halogenated alkanes) is 9. The molecule has 0 bridgehead atoms. The lowest BCUT2D eigenvalue weighted by Gasteiger charge is -2.22. The van der Waals surface area contributed by atoms with Gasteiger partial charge in [0.15, 0.2) is 20.0 Å². The normalized spacial score (nSPS) is 13.0. The lowest BCUT2D eigenvalue weighted by atomic mass is 10.1. The van der Waals surface area contributed by atoms with E-state index < -0.39 is 31.1 Å². The van der Waals surface area contributed by atoms with E-state index in [0.717, 1.165) is 4.13 Å². The molecule has 0 atom stereocenters. The van der Waals surface area contributed by atoms with Gasteiger partial charge < -0.3 is 4.13 Å². The average Bonchev–Trinajstić information content (AvgIpc) is 3.14. The number of halogens is 6. The molecule has 0 radical (unpaired) electrons. The smallest absolute Gasteiger partial charge is 0.421 e. The van der Waals surface area contributed by atoms with Crippen LogP contribution >= 0.6 is 0 Å². The molecule has 0 aliphatic carbocycles. The number of nitrogens with zero attached hydrogens (tertiary/aromatic N) is 2. The SMILES string of the molecule is CCCCCCCCCCCC[n+]1cc[nH]c1.O=S(=O)([N-]S(=O)(=O)C(F)(F)F)C(F)(F)F. The quantitative estimate of drug-likeness (QED) is 0.218. The lowest BCUT2D eigenvalue weighted by molar-refractivity contribution is -0.696. The number of hydrogen-bond acceptors (Lipinski definition) is 4. The van der Waals surface area contributed by atoms with E-state index in [2.05, 4.69) is 22.7 Å². The molecule has 0 spiro atoms. The molecule has 0 saturated heterocycles. The zero-order valence-corrected chi connectivity index (χ0v) is 19.3. The Bertz CT molecular complexity index is 781. The van der Waals surface area contributed by atoms with Gasteiger partial charge in [0.2, 0.25) is 6.33 Å². The number of aryl methyl sites for hydroxylation is 1. The highest BCUT2D eigenvalue weighted by atomic mass is 32.3. The summed E-state index contributed by atoms with van der Waals surface area (Å²) in [5.41, 5.74) is -12.4. The molecule has 1 aromatic rings. The molecule has 1 aromatic heterocycles. The van der Waals surface area contributed by atoms with Gasteiger partial charge in [-0.2, -0.15) is 26.3 Å². The molecular weight excluding hydrogens is 488 g/mol. The van der Waals surface area contributed by atoms with Crippen LogP contribution in [0.5, 0.6) is 0 Å². The van der Waals surface area contributed by atoms with Crippen LogP contribution in [0.15, 0.2) is 18.7 Å². The summed E-state index contributed by atoms with van der Waals surface area (Å²) < 4.78 is 111. The molecule has 0 unspecified atom stereocenters. The topological polar surface area (TPSA) is 102 Å². The van der Waals surface area contributed by atoms with Gasteiger partial charge in [-0.15, -0.1) is 0 Å². The molecule has 0 saturated carbocycles.